The lowest BCUT2D eigenvalue weighted by atomic mass is 9.82. The van der Waals surface area contributed by atoms with Gasteiger partial charge < -0.3 is 5.11 Å². The predicted molar refractivity (Wildman–Crippen MR) is 105 cm³/mol. The fourth-order valence-corrected chi connectivity index (χ4v) is 6.27. The molecule has 0 aliphatic heterocycles. The topological polar surface area (TPSA) is 83.5 Å². The van der Waals surface area contributed by atoms with Gasteiger partial charge in [-0.25, -0.2) is 17.9 Å². The van der Waals surface area contributed by atoms with Gasteiger partial charge in [0, 0.05) is 18.0 Å². The molecule has 1 aromatic rings. The number of unbranched alkanes of at least 4 members (excludes halogenated alkanes) is 1. The van der Waals surface area contributed by atoms with Gasteiger partial charge in [0.15, 0.2) is 0 Å². The van der Waals surface area contributed by atoms with Crippen molar-refractivity contribution in [1.29, 1.82) is 0 Å². The van der Waals surface area contributed by atoms with Crippen LogP contribution < -0.4 is 4.72 Å². The molecule has 27 heavy (non-hydrogen) atoms. The molecule has 0 bridgehead atoms. The molecule has 4 atom stereocenters. The van der Waals surface area contributed by atoms with Crippen LogP contribution in [0, 0.1) is 23.2 Å². The molecular formula is C21H29NO4S. The fourth-order valence-electron chi connectivity index (χ4n) is 4.97. The quantitative estimate of drug-likeness (QED) is 0.660. The summed E-state index contributed by atoms with van der Waals surface area (Å²) in [6, 6.07) is 8.12. The summed E-state index contributed by atoms with van der Waals surface area (Å²) in [6.07, 6.45) is 4.67. The number of nitrogens with one attached hydrogen (secondary N) is 1. The number of benzene rings is 1. The Balaban J connectivity index is 1.89. The zero-order valence-electron chi connectivity index (χ0n) is 16.2. The number of rotatable bonds is 8. The van der Waals surface area contributed by atoms with Gasteiger partial charge in [0.05, 0.1) is 4.90 Å². The van der Waals surface area contributed by atoms with Crippen molar-refractivity contribution in [1.82, 2.24) is 4.72 Å². The number of carbonyl (C=O) groups is 1. The van der Waals surface area contributed by atoms with E-state index in [0.29, 0.717) is 18.3 Å². The maximum Gasteiger partial charge on any atom is 0.328 e. The molecule has 2 fully saturated rings. The highest BCUT2D eigenvalue weighted by atomic mass is 32.2. The molecule has 0 aromatic heterocycles. The second-order valence-corrected chi connectivity index (χ2v) is 10.1. The highest BCUT2D eigenvalue weighted by Crippen LogP contribution is 2.70. The lowest BCUT2D eigenvalue weighted by Crippen LogP contribution is -2.41. The van der Waals surface area contributed by atoms with Crippen LogP contribution in [0.1, 0.15) is 46.5 Å². The first kappa shape index (κ1) is 20.1. The minimum atomic E-state index is -3.62. The second-order valence-electron chi connectivity index (χ2n) is 8.42. The van der Waals surface area contributed by atoms with Crippen LogP contribution in [0.15, 0.2) is 46.9 Å². The van der Waals surface area contributed by atoms with E-state index in [1.54, 1.807) is 30.3 Å². The molecule has 3 rings (SSSR count). The van der Waals surface area contributed by atoms with Crippen molar-refractivity contribution < 1.29 is 18.3 Å². The molecule has 4 unspecified atom stereocenters. The third-order valence-electron chi connectivity index (χ3n) is 6.38. The van der Waals surface area contributed by atoms with Crippen molar-refractivity contribution in [3.63, 3.8) is 0 Å². The van der Waals surface area contributed by atoms with E-state index < -0.39 is 16.0 Å². The summed E-state index contributed by atoms with van der Waals surface area (Å²) < 4.78 is 28.5. The maximum atomic E-state index is 12.8. The van der Waals surface area contributed by atoms with Gasteiger partial charge >= 0.3 is 5.97 Å². The number of aliphatic carboxylic acids is 1. The molecule has 2 aliphatic rings. The minimum Gasteiger partial charge on any atom is -0.478 e. The Morgan fingerprint density at radius 2 is 1.96 bits per heavy atom. The molecule has 148 valence electrons. The standard InChI is InChI=1S/C21H29NO4S/c1-4-5-9-14(12-18(23)24)19-17(13-16-20(19)21(16,2)3)22-27(25,26)15-10-7-6-8-11-15/h6-8,10-12,16-17,19-20,22H,4-5,9,13H2,1-3H3,(H,23,24). The van der Waals surface area contributed by atoms with Crippen LogP contribution in [0.2, 0.25) is 0 Å². The van der Waals surface area contributed by atoms with Crippen molar-refractivity contribution in [2.75, 3.05) is 0 Å². The monoisotopic (exact) mass is 391 g/mol. The number of sulfonamides is 1. The Bertz CT molecular complexity index is 829. The van der Waals surface area contributed by atoms with Crippen LogP contribution in [0.4, 0.5) is 0 Å². The third-order valence-corrected chi connectivity index (χ3v) is 7.89. The Hall–Kier alpha value is -1.66. The average Bonchev–Trinajstić information content (AvgIpc) is 2.94. The molecule has 0 saturated heterocycles. The fraction of sp³-hybridized carbons (Fsp3) is 0.571. The molecule has 0 spiro atoms. The van der Waals surface area contributed by atoms with Crippen LogP contribution in [-0.2, 0) is 14.8 Å². The maximum absolute atomic E-state index is 12.8. The molecule has 5 nitrogen and oxygen atoms in total. The van der Waals surface area contributed by atoms with Crippen LogP contribution in [0.25, 0.3) is 0 Å². The molecule has 1 aromatic carbocycles. The Labute approximate surface area is 161 Å². The SMILES string of the molecule is CCCCC(=CC(=O)O)C1C(NS(=O)(=O)c2ccccc2)CC2C1C2(C)C. The molecule has 0 radical (unpaired) electrons. The van der Waals surface area contributed by atoms with Gasteiger partial charge in [-0.15, -0.1) is 0 Å². The highest BCUT2D eigenvalue weighted by Gasteiger charge is 2.67. The molecule has 2 saturated carbocycles. The first-order valence-electron chi connectivity index (χ1n) is 9.69. The summed E-state index contributed by atoms with van der Waals surface area (Å²) in [4.78, 5) is 11.7. The molecule has 2 N–H and O–H groups in total. The third kappa shape index (κ3) is 3.97. The number of carboxylic acids is 1. The highest BCUT2D eigenvalue weighted by molar-refractivity contribution is 7.89. The van der Waals surface area contributed by atoms with E-state index in [0.717, 1.165) is 24.8 Å². The van der Waals surface area contributed by atoms with Gasteiger partial charge in [0.1, 0.15) is 0 Å². The Morgan fingerprint density at radius 3 is 2.56 bits per heavy atom. The second kappa shape index (κ2) is 7.40. The number of hydrogen-bond donors (Lipinski definition) is 2. The first-order valence-corrected chi connectivity index (χ1v) is 11.2. The van der Waals surface area contributed by atoms with Crippen LogP contribution >= 0.6 is 0 Å². The largest absolute Gasteiger partial charge is 0.478 e. The van der Waals surface area contributed by atoms with E-state index in [1.807, 2.05) is 0 Å². The van der Waals surface area contributed by atoms with Crippen molar-refractivity contribution >= 4 is 16.0 Å². The van der Waals surface area contributed by atoms with E-state index in [2.05, 4.69) is 25.5 Å². The van der Waals surface area contributed by atoms with Crippen molar-refractivity contribution in [3.05, 3.63) is 42.0 Å². The van der Waals surface area contributed by atoms with Gasteiger partial charge in [-0.3, -0.25) is 0 Å². The molecular weight excluding hydrogens is 362 g/mol. The van der Waals surface area contributed by atoms with Gasteiger partial charge in [-0.2, -0.15) is 0 Å². The molecule has 2 aliphatic carbocycles. The molecule has 6 heteroatoms. The first-order chi connectivity index (χ1) is 12.7. The van der Waals surface area contributed by atoms with Crippen molar-refractivity contribution in [2.24, 2.45) is 23.2 Å². The summed E-state index contributed by atoms with van der Waals surface area (Å²) in [7, 11) is -3.62. The number of fused-ring (bicyclic) bond motifs is 1. The summed E-state index contributed by atoms with van der Waals surface area (Å²) >= 11 is 0. The predicted octanol–water partition coefficient (Wildman–Crippen LogP) is 3.83. The van der Waals surface area contributed by atoms with E-state index in [1.165, 1.54) is 6.08 Å². The van der Waals surface area contributed by atoms with Crippen molar-refractivity contribution in [2.45, 2.75) is 57.4 Å². The molecule has 0 amide bonds. The van der Waals surface area contributed by atoms with Crippen LogP contribution in [0.5, 0.6) is 0 Å². The normalized spacial score (nSPS) is 29.4. The van der Waals surface area contributed by atoms with Crippen LogP contribution in [0.3, 0.4) is 0 Å². The number of carboxylic acid groups (broad SMARTS) is 1. The lowest BCUT2D eigenvalue weighted by Gasteiger charge is -2.29. The lowest BCUT2D eigenvalue weighted by molar-refractivity contribution is -0.131. The minimum absolute atomic E-state index is 0.0499. The summed E-state index contributed by atoms with van der Waals surface area (Å²) in [5, 5.41) is 9.36. The van der Waals surface area contributed by atoms with E-state index >= 15 is 0 Å². The Kier molecular flexibility index (Phi) is 5.50. The number of hydrogen-bond acceptors (Lipinski definition) is 3. The summed E-state index contributed by atoms with van der Waals surface area (Å²) in [5.74, 6) is -0.230. The summed E-state index contributed by atoms with van der Waals surface area (Å²) in [6.45, 7) is 6.48. The van der Waals surface area contributed by atoms with E-state index in [-0.39, 0.29) is 22.3 Å². The average molecular weight is 392 g/mol. The van der Waals surface area contributed by atoms with Crippen LogP contribution in [-0.4, -0.2) is 25.5 Å². The van der Waals surface area contributed by atoms with Gasteiger partial charge in [-0.05, 0) is 48.6 Å². The zero-order chi connectivity index (χ0) is 19.8. The van der Waals surface area contributed by atoms with E-state index in [9.17, 15) is 18.3 Å². The zero-order valence-corrected chi connectivity index (χ0v) is 17.0. The van der Waals surface area contributed by atoms with Gasteiger partial charge in [0.2, 0.25) is 10.0 Å². The van der Waals surface area contributed by atoms with Gasteiger partial charge in [-0.1, -0.05) is 51.0 Å². The summed E-state index contributed by atoms with van der Waals surface area (Å²) in [5.41, 5.74) is 1.02. The van der Waals surface area contributed by atoms with Gasteiger partial charge in [0.25, 0.3) is 0 Å². The smallest absolute Gasteiger partial charge is 0.328 e. The van der Waals surface area contributed by atoms with E-state index in [4.69, 9.17) is 0 Å². The van der Waals surface area contributed by atoms with Crippen molar-refractivity contribution in [3.8, 4) is 0 Å². The Morgan fingerprint density at radius 1 is 1.30 bits per heavy atom. The molecule has 0 heterocycles.